The van der Waals surface area contributed by atoms with E-state index in [4.69, 9.17) is 9.47 Å². The maximum atomic E-state index is 12.6. The molecule has 0 spiro atoms. The summed E-state index contributed by atoms with van der Waals surface area (Å²) in [4.78, 5) is 26.7. The molecule has 6 heteroatoms. The van der Waals surface area contributed by atoms with Gasteiger partial charge in [0.25, 0.3) is 0 Å². The molecule has 1 N–H and O–H groups in total. The third kappa shape index (κ3) is 4.86. The molecule has 0 bridgehead atoms. The highest BCUT2D eigenvalue weighted by Gasteiger charge is 2.41. The molecule has 1 heterocycles. The average molecular weight is 368 g/mol. The van der Waals surface area contributed by atoms with Crippen molar-refractivity contribution in [2.24, 2.45) is 0 Å². The number of rotatable bonds is 8. The van der Waals surface area contributed by atoms with Gasteiger partial charge in [-0.2, -0.15) is 0 Å². The van der Waals surface area contributed by atoms with Gasteiger partial charge in [-0.3, -0.25) is 9.69 Å². The van der Waals surface area contributed by atoms with Crippen LogP contribution in [0.3, 0.4) is 0 Å². The number of benzene rings is 2. The molecule has 0 aliphatic carbocycles. The fraction of sp³-hybridized carbons (Fsp3) is 0.333. The number of hydrogen-bond donors (Lipinski definition) is 1. The van der Waals surface area contributed by atoms with Crippen molar-refractivity contribution >= 4 is 11.9 Å². The maximum Gasteiger partial charge on any atom is 0.328 e. The summed E-state index contributed by atoms with van der Waals surface area (Å²) in [5.41, 5.74) is 2.00. The third-order valence-electron chi connectivity index (χ3n) is 4.67. The SMILES string of the molecule is COC(=O)C(Cc1ccccc1)NC(=O)C1CN1Cc1ccccc1OC. The lowest BCUT2D eigenvalue weighted by Gasteiger charge is -2.17. The molecule has 2 aromatic rings. The number of para-hydroxylation sites is 1. The van der Waals surface area contributed by atoms with E-state index in [-0.39, 0.29) is 11.9 Å². The molecule has 1 aliphatic heterocycles. The number of methoxy groups -OCH3 is 2. The van der Waals surface area contributed by atoms with Gasteiger partial charge in [0.2, 0.25) is 5.91 Å². The van der Waals surface area contributed by atoms with E-state index in [9.17, 15) is 9.59 Å². The van der Waals surface area contributed by atoms with Crippen LogP contribution in [0.1, 0.15) is 11.1 Å². The summed E-state index contributed by atoms with van der Waals surface area (Å²) < 4.78 is 10.2. The van der Waals surface area contributed by atoms with Crippen molar-refractivity contribution < 1.29 is 19.1 Å². The van der Waals surface area contributed by atoms with Gasteiger partial charge in [0.05, 0.1) is 14.2 Å². The second-order valence-corrected chi connectivity index (χ2v) is 6.53. The number of nitrogens with zero attached hydrogens (tertiary/aromatic N) is 1. The van der Waals surface area contributed by atoms with Gasteiger partial charge in [-0.1, -0.05) is 48.5 Å². The first-order valence-electron chi connectivity index (χ1n) is 8.90. The summed E-state index contributed by atoms with van der Waals surface area (Å²) in [5, 5.41) is 2.84. The van der Waals surface area contributed by atoms with Crippen LogP contribution in [-0.4, -0.2) is 49.6 Å². The van der Waals surface area contributed by atoms with Crippen molar-refractivity contribution in [2.45, 2.75) is 25.0 Å². The smallest absolute Gasteiger partial charge is 0.328 e. The summed E-state index contributed by atoms with van der Waals surface area (Å²) >= 11 is 0. The Hall–Kier alpha value is -2.86. The number of esters is 1. The number of hydrogen-bond acceptors (Lipinski definition) is 5. The van der Waals surface area contributed by atoms with E-state index in [0.29, 0.717) is 19.5 Å². The lowest BCUT2D eigenvalue weighted by molar-refractivity contribution is -0.145. The van der Waals surface area contributed by atoms with E-state index in [0.717, 1.165) is 16.9 Å². The molecule has 142 valence electrons. The van der Waals surface area contributed by atoms with Crippen LogP contribution in [0.15, 0.2) is 54.6 Å². The van der Waals surface area contributed by atoms with E-state index < -0.39 is 12.0 Å². The molecule has 3 atom stereocenters. The number of amides is 1. The largest absolute Gasteiger partial charge is 0.496 e. The number of carbonyl (C=O) groups is 2. The Morgan fingerprint density at radius 1 is 1.11 bits per heavy atom. The Labute approximate surface area is 159 Å². The quantitative estimate of drug-likeness (QED) is 0.568. The predicted molar refractivity (Wildman–Crippen MR) is 101 cm³/mol. The van der Waals surface area contributed by atoms with Crippen LogP contribution in [-0.2, 0) is 27.3 Å². The molecule has 1 saturated heterocycles. The van der Waals surface area contributed by atoms with Crippen LogP contribution < -0.4 is 10.1 Å². The molecule has 0 aromatic heterocycles. The molecule has 1 aliphatic rings. The van der Waals surface area contributed by atoms with Crippen molar-refractivity contribution in [2.75, 3.05) is 20.8 Å². The first-order chi connectivity index (χ1) is 13.1. The molecule has 1 fully saturated rings. The van der Waals surface area contributed by atoms with Gasteiger partial charge < -0.3 is 14.8 Å². The molecule has 0 saturated carbocycles. The summed E-state index contributed by atoms with van der Waals surface area (Å²) in [7, 11) is 2.97. The molecule has 27 heavy (non-hydrogen) atoms. The monoisotopic (exact) mass is 368 g/mol. The van der Waals surface area contributed by atoms with E-state index in [2.05, 4.69) is 5.32 Å². The lowest BCUT2D eigenvalue weighted by atomic mass is 10.1. The first kappa shape index (κ1) is 18.9. The number of carbonyl (C=O) groups excluding carboxylic acids is 2. The summed E-state index contributed by atoms with van der Waals surface area (Å²) in [6.07, 6.45) is 0.401. The maximum absolute atomic E-state index is 12.6. The van der Waals surface area contributed by atoms with Gasteiger partial charge in [-0.05, 0) is 11.6 Å². The molecule has 3 unspecified atom stereocenters. The minimum atomic E-state index is -0.696. The van der Waals surface area contributed by atoms with Crippen molar-refractivity contribution in [1.82, 2.24) is 10.2 Å². The van der Waals surface area contributed by atoms with Gasteiger partial charge in [0.1, 0.15) is 17.8 Å². The molecule has 0 radical (unpaired) electrons. The normalized spacial score (nSPS) is 19.0. The van der Waals surface area contributed by atoms with E-state index in [1.165, 1.54) is 7.11 Å². The Morgan fingerprint density at radius 3 is 2.52 bits per heavy atom. The summed E-state index contributed by atoms with van der Waals surface area (Å²) in [6.45, 7) is 1.28. The zero-order chi connectivity index (χ0) is 19.2. The molecule has 1 amide bonds. The zero-order valence-electron chi connectivity index (χ0n) is 15.6. The van der Waals surface area contributed by atoms with Crippen LogP contribution in [0.25, 0.3) is 0 Å². The van der Waals surface area contributed by atoms with Crippen LogP contribution in [0.2, 0.25) is 0 Å². The first-order valence-corrected chi connectivity index (χ1v) is 8.90. The highest BCUT2D eigenvalue weighted by Crippen LogP contribution is 2.26. The lowest BCUT2D eigenvalue weighted by Crippen LogP contribution is -2.45. The minimum Gasteiger partial charge on any atom is -0.496 e. The van der Waals surface area contributed by atoms with Gasteiger partial charge >= 0.3 is 5.97 Å². The second kappa shape index (κ2) is 8.68. The molecular weight excluding hydrogens is 344 g/mol. The summed E-state index contributed by atoms with van der Waals surface area (Å²) in [6, 6.07) is 16.4. The van der Waals surface area contributed by atoms with Gasteiger partial charge in [-0.25, -0.2) is 4.79 Å². The Morgan fingerprint density at radius 2 is 1.81 bits per heavy atom. The van der Waals surface area contributed by atoms with Crippen molar-refractivity contribution in [3.8, 4) is 5.75 Å². The predicted octanol–water partition coefficient (Wildman–Crippen LogP) is 1.78. The molecule has 3 rings (SSSR count). The summed E-state index contributed by atoms with van der Waals surface area (Å²) in [5.74, 6) is 0.209. The molecule has 6 nitrogen and oxygen atoms in total. The van der Waals surface area contributed by atoms with Gasteiger partial charge in [0.15, 0.2) is 0 Å². The Bertz CT molecular complexity index is 794. The second-order valence-electron chi connectivity index (χ2n) is 6.53. The fourth-order valence-corrected chi connectivity index (χ4v) is 3.10. The Balaban J connectivity index is 1.59. The average Bonchev–Trinajstić information content (AvgIpc) is 3.47. The number of ether oxygens (including phenoxy) is 2. The topological polar surface area (TPSA) is 67.6 Å². The molecular formula is C21H24N2O4. The van der Waals surface area contributed by atoms with Crippen LogP contribution in [0.5, 0.6) is 5.75 Å². The van der Waals surface area contributed by atoms with E-state index in [1.807, 2.05) is 59.5 Å². The zero-order valence-corrected chi connectivity index (χ0v) is 15.6. The van der Waals surface area contributed by atoms with Gasteiger partial charge in [-0.15, -0.1) is 0 Å². The van der Waals surface area contributed by atoms with Crippen molar-refractivity contribution in [1.29, 1.82) is 0 Å². The minimum absolute atomic E-state index is 0.156. The van der Waals surface area contributed by atoms with E-state index >= 15 is 0 Å². The van der Waals surface area contributed by atoms with E-state index in [1.54, 1.807) is 7.11 Å². The van der Waals surface area contributed by atoms with Gasteiger partial charge in [0, 0.05) is 25.1 Å². The highest BCUT2D eigenvalue weighted by atomic mass is 16.5. The van der Waals surface area contributed by atoms with Crippen molar-refractivity contribution in [3.05, 3.63) is 65.7 Å². The third-order valence-corrected chi connectivity index (χ3v) is 4.67. The standard InChI is InChI=1S/C21H24N2O4/c1-26-19-11-7-6-10-16(19)13-23-14-18(23)20(24)22-17(21(25)27-2)12-15-8-4-3-5-9-15/h3-11,17-18H,12-14H2,1-2H3,(H,22,24). The van der Waals surface area contributed by atoms with Crippen LogP contribution >= 0.6 is 0 Å². The number of nitrogens with one attached hydrogen (secondary N) is 1. The van der Waals surface area contributed by atoms with Crippen LogP contribution in [0, 0.1) is 0 Å². The highest BCUT2D eigenvalue weighted by molar-refractivity contribution is 5.89. The molecule has 2 aromatic carbocycles. The fourth-order valence-electron chi connectivity index (χ4n) is 3.10. The Kier molecular flexibility index (Phi) is 6.08. The van der Waals surface area contributed by atoms with Crippen molar-refractivity contribution in [3.63, 3.8) is 0 Å². The van der Waals surface area contributed by atoms with Crippen LogP contribution in [0.4, 0.5) is 0 Å².